The van der Waals surface area contributed by atoms with Crippen LogP contribution in [0.1, 0.15) is 5.56 Å². The van der Waals surface area contributed by atoms with Crippen LogP contribution in [0.15, 0.2) is 36.4 Å². The van der Waals surface area contributed by atoms with Crippen molar-refractivity contribution in [1.29, 1.82) is 0 Å². The van der Waals surface area contributed by atoms with Gasteiger partial charge in [-0.15, -0.1) is 0 Å². The van der Waals surface area contributed by atoms with E-state index in [1.807, 2.05) is 18.2 Å². The number of carbonyl (C=O) groups is 2. The summed E-state index contributed by atoms with van der Waals surface area (Å²) in [7, 11) is 0. The second kappa shape index (κ2) is 6.99. The number of hydrogen-bond donors (Lipinski definition) is 1. The van der Waals surface area contributed by atoms with Gasteiger partial charge in [0.05, 0.1) is 6.54 Å². The summed E-state index contributed by atoms with van der Waals surface area (Å²) in [4.78, 5) is 23.8. The van der Waals surface area contributed by atoms with E-state index in [1.54, 1.807) is 11.8 Å². The molecule has 0 unspecified atom stereocenters. The molecule has 1 N–H and O–H groups in total. The largest absolute Gasteiger partial charge is 0.329 e. The SMILES string of the molecule is O=C1CNC(=O)N1CCSC/C=C/c1ccccc1. The van der Waals surface area contributed by atoms with E-state index in [2.05, 4.69) is 29.6 Å². The van der Waals surface area contributed by atoms with Crippen molar-refractivity contribution in [3.8, 4) is 0 Å². The minimum Gasteiger partial charge on any atom is -0.329 e. The van der Waals surface area contributed by atoms with Crippen LogP contribution < -0.4 is 5.32 Å². The molecule has 1 saturated heterocycles. The molecule has 1 fully saturated rings. The zero-order valence-electron chi connectivity index (χ0n) is 10.5. The molecule has 2 rings (SSSR count). The van der Waals surface area contributed by atoms with Gasteiger partial charge >= 0.3 is 6.03 Å². The van der Waals surface area contributed by atoms with E-state index < -0.39 is 0 Å². The van der Waals surface area contributed by atoms with Crippen molar-refractivity contribution < 1.29 is 9.59 Å². The summed E-state index contributed by atoms with van der Waals surface area (Å²) in [5.41, 5.74) is 1.18. The normalized spacial score (nSPS) is 15.3. The molecule has 1 aromatic rings. The Labute approximate surface area is 116 Å². The Morgan fingerprint density at radius 2 is 2.05 bits per heavy atom. The first-order valence-corrected chi connectivity index (χ1v) is 7.30. The lowest BCUT2D eigenvalue weighted by Gasteiger charge is -2.10. The molecule has 19 heavy (non-hydrogen) atoms. The van der Waals surface area contributed by atoms with Crippen LogP contribution in [0.2, 0.25) is 0 Å². The van der Waals surface area contributed by atoms with Crippen LogP contribution in [0.25, 0.3) is 6.08 Å². The third-order valence-electron chi connectivity index (χ3n) is 2.72. The van der Waals surface area contributed by atoms with Gasteiger partial charge < -0.3 is 5.32 Å². The first kappa shape index (κ1) is 13.7. The van der Waals surface area contributed by atoms with Gasteiger partial charge in [0.2, 0.25) is 5.91 Å². The first-order chi connectivity index (χ1) is 9.27. The molecule has 4 nitrogen and oxygen atoms in total. The predicted molar refractivity (Wildman–Crippen MR) is 77.9 cm³/mol. The molecule has 0 atom stereocenters. The van der Waals surface area contributed by atoms with Crippen molar-refractivity contribution >= 4 is 29.8 Å². The third-order valence-corrected chi connectivity index (χ3v) is 3.62. The molecule has 3 amide bonds. The Kier molecular flexibility index (Phi) is 5.03. The number of nitrogens with one attached hydrogen (secondary N) is 1. The third kappa shape index (κ3) is 4.13. The topological polar surface area (TPSA) is 49.4 Å². The molecule has 1 aliphatic heterocycles. The number of imide groups is 1. The molecule has 0 saturated carbocycles. The molecule has 0 aromatic heterocycles. The highest BCUT2D eigenvalue weighted by atomic mass is 32.2. The summed E-state index contributed by atoms with van der Waals surface area (Å²) in [6, 6.07) is 9.83. The summed E-state index contributed by atoms with van der Waals surface area (Å²) in [6.07, 6.45) is 4.16. The number of rotatable bonds is 6. The summed E-state index contributed by atoms with van der Waals surface area (Å²) in [6.45, 7) is 0.617. The lowest BCUT2D eigenvalue weighted by atomic mass is 10.2. The number of amides is 3. The molecule has 0 spiro atoms. The highest BCUT2D eigenvalue weighted by molar-refractivity contribution is 7.99. The molecule has 0 radical (unpaired) electrons. The maximum Gasteiger partial charge on any atom is 0.324 e. The van der Waals surface area contributed by atoms with Crippen LogP contribution in [0, 0.1) is 0 Å². The van der Waals surface area contributed by atoms with Gasteiger partial charge in [-0.2, -0.15) is 11.8 Å². The lowest BCUT2D eigenvalue weighted by molar-refractivity contribution is -0.124. The standard InChI is InChI=1S/C14H16N2O2S/c17-13-11-15-14(18)16(13)8-10-19-9-4-7-12-5-2-1-3-6-12/h1-7H,8-11H2,(H,15,18)/b7-4+. The van der Waals surface area contributed by atoms with Crippen molar-refractivity contribution in [3.05, 3.63) is 42.0 Å². The molecule has 0 bridgehead atoms. The van der Waals surface area contributed by atoms with Crippen LogP contribution in [-0.4, -0.2) is 41.4 Å². The van der Waals surface area contributed by atoms with Crippen LogP contribution in [-0.2, 0) is 4.79 Å². The number of benzene rings is 1. The summed E-state index contributed by atoms with van der Waals surface area (Å²) < 4.78 is 0. The van der Waals surface area contributed by atoms with E-state index in [9.17, 15) is 9.59 Å². The van der Waals surface area contributed by atoms with Crippen molar-refractivity contribution in [2.75, 3.05) is 24.6 Å². The van der Waals surface area contributed by atoms with E-state index in [-0.39, 0.29) is 18.5 Å². The average molecular weight is 276 g/mol. The van der Waals surface area contributed by atoms with Crippen molar-refractivity contribution in [1.82, 2.24) is 10.2 Å². The summed E-state index contributed by atoms with van der Waals surface area (Å²) >= 11 is 1.70. The van der Waals surface area contributed by atoms with E-state index in [0.29, 0.717) is 6.54 Å². The number of carbonyl (C=O) groups excluding carboxylic acids is 2. The molecule has 5 heteroatoms. The molecular weight excluding hydrogens is 260 g/mol. The second-order valence-electron chi connectivity index (χ2n) is 4.09. The van der Waals surface area contributed by atoms with Crippen LogP contribution in [0.4, 0.5) is 4.79 Å². The van der Waals surface area contributed by atoms with Gasteiger partial charge in [0.15, 0.2) is 0 Å². The maximum atomic E-state index is 11.3. The van der Waals surface area contributed by atoms with Gasteiger partial charge in [-0.25, -0.2) is 4.79 Å². The Morgan fingerprint density at radius 3 is 2.74 bits per heavy atom. The summed E-state index contributed by atoms with van der Waals surface area (Å²) in [5.74, 6) is 1.50. The van der Waals surface area contributed by atoms with E-state index in [0.717, 1.165) is 11.5 Å². The van der Waals surface area contributed by atoms with Gasteiger partial charge in [0.1, 0.15) is 0 Å². The smallest absolute Gasteiger partial charge is 0.324 e. The van der Waals surface area contributed by atoms with E-state index >= 15 is 0 Å². The van der Waals surface area contributed by atoms with Crippen LogP contribution in [0.3, 0.4) is 0 Å². The maximum absolute atomic E-state index is 11.3. The Balaban J connectivity index is 1.64. The van der Waals surface area contributed by atoms with E-state index in [1.165, 1.54) is 10.5 Å². The fourth-order valence-electron chi connectivity index (χ4n) is 1.74. The van der Waals surface area contributed by atoms with Gasteiger partial charge in [0, 0.05) is 18.1 Å². The van der Waals surface area contributed by atoms with Crippen LogP contribution in [0.5, 0.6) is 0 Å². The fraction of sp³-hybridized carbons (Fsp3) is 0.286. The fourth-order valence-corrected chi connectivity index (χ4v) is 2.45. The van der Waals surface area contributed by atoms with Gasteiger partial charge in [-0.05, 0) is 5.56 Å². The summed E-state index contributed by atoms with van der Waals surface area (Å²) in [5, 5.41) is 2.51. The Hall–Kier alpha value is -1.75. The van der Waals surface area contributed by atoms with Gasteiger partial charge in [0.25, 0.3) is 0 Å². The number of nitrogens with zero attached hydrogens (tertiary/aromatic N) is 1. The van der Waals surface area contributed by atoms with Crippen molar-refractivity contribution in [2.24, 2.45) is 0 Å². The van der Waals surface area contributed by atoms with Crippen molar-refractivity contribution in [3.63, 3.8) is 0 Å². The zero-order chi connectivity index (χ0) is 13.5. The number of urea groups is 1. The Morgan fingerprint density at radius 1 is 1.26 bits per heavy atom. The quantitative estimate of drug-likeness (QED) is 0.638. The molecular formula is C14H16N2O2S. The van der Waals surface area contributed by atoms with Gasteiger partial charge in [-0.3, -0.25) is 9.69 Å². The van der Waals surface area contributed by atoms with Crippen molar-refractivity contribution in [2.45, 2.75) is 0 Å². The molecule has 1 aromatic carbocycles. The van der Waals surface area contributed by atoms with Gasteiger partial charge in [-0.1, -0.05) is 42.5 Å². The molecule has 0 aliphatic carbocycles. The highest BCUT2D eigenvalue weighted by Crippen LogP contribution is 2.07. The predicted octanol–water partition coefficient (Wildman–Crippen LogP) is 1.98. The Bertz CT molecular complexity index is 458. The number of thioether (sulfide) groups is 1. The minimum atomic E-state index is -0.273. The lowest BCUT2D eigenvalue weighted by Crippen LogP contribution is -2.32. The second-order valence-corrected chi connectivity index (χ2v) is 5.24. The van der Waals surface area contributed by atoms with E-state index in [4.69, 9.17) is 0 Å². The highest BCUT2D eigenvalue weighted by Gasteiger charge is 2.27. The zero-order valence-corrected chi connectivity index (χ0v) is 11.4. The monoisotopic (exact) mass is 276 g/mol. The average Bonchev–Trinajstić information content (AvgIpc) is 2.75. The molecule has 1 heterocycles. The molecule has 1 aliphatic rings. The minimum absolute atomic E-state index is 0.134. The molecule has 100 valence electrons. The van der Waals surface area contributed by atoms with Crippen LogP contribution >= 0.6 is 11.8 Å². The number of hydrogen-bond acceptors (Lipinski definition) is 3. The first-order valence-electron chi connectivity index (χ1n) is 6.15.